The highest BCUT2D eigenvalue weighted by Gasteiger charge is 2.31. The van der Waals surface area contributed by atoms with E-state index in [9.17, 15) is 0 Å². The van der Waals surface area contributed by atoms with Crippen molar-refractivity contribution < 1.29 is 0 Å². The number of rotatable bonds is 4. The van der Waals surface area contributed by atoms with Gasteiger partial charge in [-0.3, -0.25) is 0 Å². The van der Waals surface area contributed by atoms with E-state index in [1.165, 1.54) is 77.7 Å². The van der Waals surface area contributed by atoms with E-state index in [0.717, 1.165) is 12.8 Å². The quantitative estimate of drug-likeness (QED) is 0.199. The summed E-state index contributed by atoms with van der Waals surface area (Å²) in [5, 5.41) is 8.06. The maximum Gasteiger partial charge on any atom is 0.00903 e. The molecule has 2 atom stereocenters. The van der Waals surface area contributed by atoms with Crippen molar-refractivity contribution >= 4 is 44.0 Å². The summed E-state index contributed by atoms with van der Waals surface area (Å²) in [6, 6.07) is 30.1. The molecule has 204 valence electrons. The molecule has 0 N–H and O–H groups in total. The average Bonchev–Trinajstić information content (AvgIpc) is 3.04. The van der Waals surface area contributed by atoms with Crippen molar-refractivity contribution in [1.29, 1.82) is 0 Å². The Hall–Kier alpha value is -4.42. The van der Waals surface area contributed by atoms with E-state index in [1.54, 1.807) is 0 Å². The van der Waals surface area contributed by atoms with Crippen LogP contribution in [0.4, 0.5) is 0 Å². The molecule has 0 heterocycles. The summed E-state index contributed by atoms with van der Waals surface area (Å²) in [6.45, 7) is 4.72. The van der Waals surface area contributed by atoms with Gasteiger partial charge in [-0.05, 0) is 102 Å². The van der Waals surface area contributed by atoms with Crippen LogP contribution in [-0.2, 0) is 0 Å². The summed E-state index contributed by atoms with van der Waals surface area (Å²) in [5.74, 6) is 1.63. The van der Waals surface area contributed by atoms with Gasteiger partial charge in [-0.15, -0.1) is 0 Å². The molecule has 0 nitrogen and oxygen atoms in total. The number of fused-ring (bicyclic) bond motifs is 7. The Bertz CT molecular complexity index is 2040. The van der Waals surface area contributed by atoms with Gasteiger partial charge in [0.05, 0.1) is 0 Å². The van der Waals surface area contributed by atoms with Crippen molar-refractivity contribution in [3.05, 3.63) is 144 Å². The zero-order valence-corrected chi connectivity index (χ0v) is 24.5. The first-order valence-corrected chi connectivity index (χ1v) is 15.6. The number of allylic oxidation sites excluding steroid dienone is 9. The molecule has 8 rings (SSSR count). The summed E-state index contributed by atoms with van der Waals surface area (Å²) in [7, 11) is 0. The summed E-state index contributed by atoms with van der Waals surface area (Å²) in [4.78, 5) is 0. The summed E-state index contributed by atoms with van der Waals surface area (Å²) < 4.78 is 0. The number of hydrogen-bond donors (Lipinski definition) is 0. The lowest BCUT2D eigenvalue weighted by molar-refractivity contribution is 0.446. The van der Waals surface area contributed by atoms with Crippen LogP contribution in [0.2, 0.25) is 0 Å². The Morgan fingerprint density at radius 2 is 1.55 bits per heavy atom. The first-order chi connectivity index (χ1) is 20.7. The van der Waals surface area contributed by atoms with Gasteiger partial charge < -0.3 is 0 Å². The molecule has 0 saturated heterocycles. The van der Waals surface area contributed by atoms with Gasteiger partial charge in [0.15, 0.2) is 0 Å². The molecule has 0 aromatic heterocycles. The van der Waals surface area contributed by atoms with E-state index >= 15 is 0 Å². The average molecular weight is 541 g/mol. The second kappa shape index (κ2) is 10.1. The fourth-order valence-corrected chi connectivity index (χ4v) is 7.80. The molecule has 0 radical (unpaired) electrons. The smallest absolute Gasteiger partial charge is 0.00903 e. The Kier molecular flexibility index (Phi) is 6.11. The molecule has 0 heteroatoms. The third-order valence-corrected chi connectivity index (χ3v) is 9.66. The molecule has 5 aromatic carbocycles. The Morgan fingerprint density at radius 1 is 0.714 bits per heavy atom. The zero-order chi connectivity index (χ0) is 28.2. The molecule has 42 heavy (non-hydrogen) atoms. The second-order valence-corrected chi connectivity index (χ2v) is 12.6. The third-order valence-electron chi connectivity index (χ3n) is 9.66. The molecule has 3 aliphatic rings. The molecule has 0 aliphatic heterocycles. The van der Waals surface area contributed by atoms with Crippen molar-refractivity contribution in [2.75, 3.05) is 0 Å². The summed E-state index contributed by atoms with van der Waals surface area (Å²) in [5.41, 5.74) is 9.81. The molecule has 0 bridgehead atoms. The first-order valence-electron chi connectivity index (χ1n) is 15.6. The maximum atomic E-state index is 2.47. The Balaban J connectivity index is 1.38. The van der Waals surface area contributed by atoms with Crippen LogP contribution in [0.25, 0.3) is 55.1 Å². The van der Waals surface area contributed by atoms with E-state index in [0.29, 0.717) is 17.8 Å². The largest absolute Gasteiger partial charge is 0.0842 e. The van der Waals surface area contributed by atoms with Gasteiger partial charge in [0.2, 0.25) is 0 Å². The Morgan fingerprint density at radius 3 is 2.43 bits per heavy atom. The topological polar surface area (TPSA) is 0 Å². The van der Waals surface area contributed by atoms with Crippen LogP contribution in [0.3, 0.4) is 0 Å². The van der Waals surface area contributed by atoms with Crippen LogP contribution in [0.1, 0.15) is 55.7 Å². The van der Waals surface area contributed by atoms with Gasteiger partial charge >= 0.3 is 0 Å². The van der Waals surface area contributed by atoms with E-state index in [-0.39, 0.29) is 0 Å². The monoisotopic (exact) mass is 540 g/mol. The standard InChI is InChI=1S/C42H36/c1-27(2)25-40-31-15-8-7-14-30(31)26-41-35-18-10-17-34(36(35)23-24-38(40)41)37-22-21-33(28-11-4-3-5-12-28)42-32-16-9-6-13-29(32)19-20-39(37)42/h3-4,6-11,13-24,26-27,31,40H,5,12,25H2,1-2H3. The molecule has 0 amide bonds. The van der Waals surface area contributed by atoms with E-state index in [1.807, 2.05) is 0 Å². The minimum atomic E-state index is 0.472. The Labute approximate surface area is 249 Å². The molecule has 3 aliphatic carbocycles. The zero-order valence-electron chi connectivity index (χ0n) is 24.5. The molecule has 2 unspecified atom stereocenters. The lowest BCUT2D eigenvalue weighted by Gasteiger charge is -2.34. The van der Waals surface area contributed by atoms with Crippen LogP contribution < -0.4 is 0 Å². The molecule has 0 saturated carbocycles. The fraction of sp³-hybridized carbons (Fsp3) is 0.190. The third kappa shape index (κ3) is 4.04. The highest BCUT2D eigenvalue weighted by Crippen LogP contribution is 2.48. The predicted octanol–water partition coefficient (Wildman–Crippen LogP) is 11.8. The second-order valence-electron chi connectivity index (χ2n) is 12.6. The SMILES string of the molecule is CC(C)CC1c2ccc3c(-c4ccc(C5=CC=CCC5)c5c4ccc4ccccc45)cccc3c2C=C2C=CC=CC21. The van der Waals surface area contributed by atoms with Gasteiger partial charge in [-0.25, -0.2) is 0 Å². The number of benzene rings is 5. The normalized spacial score (nSPS) is 19.3. The first kappa shape index (κ1) is 25.3. The maximum absolute atomic E-state index is 2.47. The lowest BCUT2D eigenvalue weighted by atomic mass is 9.69. The number of hydrogen-bond acceptors (Lipinski definition) is 0. The van der Waals surface area contributed by atoms with Gasteiger partial charge in [0.25, 0.3) is 0 Å². The highest BCUT2D eigenvalue weighted by atomic mass is 14.3. The van der Waals surface area contributed by atoms with Crippen LogP contribution in [0.15, 0.2) is 127 Å². The lowest BCUT2D eigenvalue weighted by Crippen LogP contribution is -2.20. The minimum Gasteiger partial charge on any atom is -0.0842 e. The van der Waals surface area contributed by atoms with Crippen molar-refractivity contribution in [3.63, 3.8) is 0 Å². The van der Waals surface area contributed by atoms with Crippen LogP contribution in [0.5, 0.6) is 0 Å². The summed E-state index contributed by atoms with van der Waals surface area (Å²) >= 11 is 0. The van der Waals surface area contributed by atoms with Gasteiger partial charge in [-0.1, -0.05) is 141 Å². The fourth-order valence-electron chi connectivity index (χ4n) is 7.80. The van der Waals surface area contributed by atoms with Crippen LogP contribution in [-0.4, -0.2) is 0 Å². The molecular formula is C42H36. The molecular weight excluding hydrogens is 504 g/mol. The van der Waals surface area contributed by atoms with E-state index < -0.39 is 0 Å². The van der Waals surface area contributed by atoms with Crippen LogP contribution in [0, 0.1) is 11.8 Å². The highest BCUT2D eigenvalue weighted by molar-refractivity contribution is 6.18. The van der Waals surface area contributed by atoms with Crippen LogP contribution >= 0.6 is 0 Å². The van der Waals surface area contributed by atoms with Gasteiger partial charge in [0.1, 0.15) is 0 Å². The van der Waals surface area contributed by atoms with Crippen molar-refractivity contribution in [3.8, 4) is 11.1 Å². The molecule has 5 aromatic rings. The minimum absolute atomic E-state index is 0.472. The summed E-state index contributed by atoms with van der Waals surface area (Å²) in [6.07, 6.45) is 21.9. The predicted molar refractivity (Wildman–Crippen MR) is 183 cm³/mol. The van der Waals surface area contributed by atoms with Crippen molar-refractivity contribution in [2.24, 2.45) is 11.8 Å². The van der Waals surface area contributed by atoms with Gasteiger partial charge in [-0.2, -0.15) is 0 Å². The van der Waals surface area contributed by atoms with Crippen molar-refractivity contribution in [2.45, 2.75) is 39.0 Å². The molecule has 0 spiro atoms. The van der Waals surface area contributed by atoms with Crippen molar-refractivity contribution in [1.82, 2.24) is 0 Å². The van der Waals surface area contributed by atoms with E-state index in [2.05, 4.69) is 141 Å². The van der Waals surface area contributed by atoms with Gasteiger partial charge in [0, 0.05) is 5.92 Å². The molecule has 0 fully saturated rings. The van der Waals surface area contributed by atoms with E-state index in [4.69, 9.17) is 0 Å².